The quantitative estimate of drug-likeness (QED) is 0.915. The van der Waals surface area contributed by atoms with Crippen LogP contribution >= 0.6 is 39.3 Å². The molecule has 1 saturated heterocycles. The van der Waals surface area contributed by atoms with E-state index in [2.05, 4.69) is 15.9 Å². The van der Waals surface area contributed by atoms with Gasteiger partial charge in [-0.15, -0.1) is 0 Å². The number of aliphatic hydroxyl groups is 1. The van der Waals surface area contributed by atoms with Gasteiger partial charge in [-0.3, -0.25) is 0 Å². The van der Waals surface area contributed by atoms with Crippen molar-refractivity contribution in [1.82, 2.24) is 0 Å². The van der Waals surface area contributed by atoms with E-state index in [1.165, 1.54) is 5.75 Å². The van der Waals surface area contributed by atoms with Gasteiger partial charge in [-0.1, -0.05) is 33.6 Å². The van der Waals surface area contributed by atoms with Gasteiger partial charge in [0.1, 0.15) is 0 Å². The molecule has 16 heavy (non-hydrogen) atoms. The zero-order chi connectivity index (χ0) is 11.5. The van der Waals surface area contributed by atoms with Gasteiger partial charge < -0.3 is 5.11 Å². The maximum Gasteiger partial charge on any atom is 0.0617 e. The summed E-state index contributed by atoms with van der Waals surface area (Å²) in [7, 11) is 0. The van der Waals surface area contributed by atoms with Crippen molar-refractivity contribution in [2.75, 3.05) is 11.5 Å². The number of hydrogen-bond donors (Lipinski definition) is 1. The van der Waals surface area contributed by atoms with Crippen LogP contribution in [0.25, 0.3) is 0 Å². The number of halogens is 2. The second kappa shape index (κ2) is 5.76. The molecular formula is C12H14BrClOS. The molecule has 88 valence electrons. The first kappa shape index (κ1) is 12.7. The minimum Gasteiger partial charge on any atom is -0.392 e. The summed E-state index contributed by atoms with van der Waals surface area (Å²) in [5, 5.41) is 10.8. The highest BCUT2D eigenvalue weighted by Gasteiger charge is 2.24. The Kier molecular flexibility index (Phi) is 4.59. The highest BCUT2D eigenvalue weighted by molar-refractivity contribution is 9.10. The molecule has 0 aromatic heterocycles. The fraction of sp³-hybridized carbons (Fsp3) is 0.500. The topological polar surface area (TPSA) is 20.2 Å². The summed E-state index contributed by atoms with van der Waals surface area (Å²) in [5.41, 5.74) is 1.04. The molecule has 0 saturated carbocycles. The molecule has 4 heteroatoms. The largest absolute Gasteiger partial charge is 0.392 e. The van der Waals surface area contributed by atoms with Crippen LogP contribution in [0.15, 0.2) is 22.7 Å². The molecule has 2 atom stereocenters. The highest BCUT2D eigenvalue weighted by Crippen LogP contribution is 2.29. The Hall–Kier alpha value is 0.300. The van der Waals surface area contributed by atoms with Crippen LogP contribution in [0, 0.1) is 5.92 Å². The Balaban J connectivity index is 2.02. The van der Waals surface area contributed by atoms with Crippen LogP contribution in [0.2, 0.25) is 5.02 Å². The molecule has 1 aliphatic rings. The lowest BCUT2D eigenvalue weighted by molar-refractivity contribution is 0.120. The van der Waals surface area contributed by atoms with E-state index in [0.29, 0.717) is 12.3 Å². The van der Waals surface area contributed by atoms with Gasteiger partial charge in [0.25, 0.3) is 0 Å². The summed E-state index contributed by atoms with van der Waals surface area (Å²) in [6.45, 7) is 0. The van der Waals surface area contributed by atoms with E-state index in [9.17, 15) is 5.11 Å². The standard InChI is InChI=1S/C12H14BrClOS/c13-10-2-1-8(11(14)6-10)5-12(15)9-3-4-16-7-9/h1-2,6,9,12,15H,3-5,7H2. The van der Waals surface area contributed by atoms with E-state index in [1.54, 1.807) is 0 Å². The predicted molar refractivity (Wildman–Crippen MR) is 74.3 cm³/mol. The molecule has 1 aliphatic heterocycles. The van der Waals surface area contributed by atoms with E-state index < -0.39 is 0 Å². The van der Waals surface area contributed by atoms with Gasteiger partial charge in [0.15, 0.2) is 0 Å². The van der Waals surface area contributed by atoms with Gasteiger partial charge in [-0.2, -0.15) is 11.8 Å². The third-order valence-corrected chi connectivity index (χ3v) is 4.99. The maximum atomic E-state index is 10.1. The summed E-state index contributed by atoms with van der Waals surface area (Å²) in [6.07, 6.45) is 1.53. The molecule has 0 bridgehead atoms. The molecule has 2 rings (SSSR count). The third-order valence-electron chi connectivity index (χ3n) is 2.95. The van der Waals surface area contributed by atoms with Crippen molar-refractivity contribution in [2.45, 2.75) is 18.9 Å². The molecule has 0 spiro atoms. The summed E-state index contributed by atoms with van der Waals surface area (Å²) < 4.78 is 0.979. The van der Waals surface area contributed by atoms with Crippen molar-refractivity contribution in [2.24, 2.45) is 5.92 Å². The van der Waals surface area contributed by atoms with Crippen LogP contribution in [0.5, 0.6) is 0 Å². The molecule has 1 aromatic carbocycles. The molecule has 0 radical (unpaired) electrons. The summed E-state index contributed by atoms with van der Waals surface area (Å²) >= 11 is 11.4. The van der Waals surface area contributed by atoms with Gasteiger partial charge in [-0.05, 0) is 41.5 Å². The number of hydrogen-bond acceptors (Lipinski definition) is 2. The van der Waals surface area contributed by atoms with E-state index in [0.717, 1.165) is 27.2 Å². The number of thioether (sulfide) groups is 1. The van der Waals surface area contributed by atoms with Crippen molar-refractivity contribution in [3.63, 3.8) is 0 Å². The van der Waals surface area contributed by atoms with Crippen molar-refractivity contribution in [3.05, 3.63) is 33.3 Å². The Bertz CT molecular complexity index is 366. The highest BCUT2D eigenvalue weighted by atomic mass is 79.9. The average molecular weight is 322 g/mol. The summed E-state index contributed by atoms with van der Waals surface area (Å²) in [6, 6.07) is 5.84. The molecule has 0 amide bonds. The van der Waals surface area contributed by atoms with Crippen molar-refractivity contribution in [3.8, 4) is 0 Å². The lowest BCUT2D eigenvalue weighted by Gasteiger charge is -2.17. The Morgan fingerprint density at radius 1 is 1.56 bits per heavy atom. The second-order valence-corrected chi connectivity index (χ2v) is 6.60. The van der Waals surface area contributed by atoms with Crippen molar-refractivity contribution in [1.29, 1.82) is 0 Å². The van der Waals surface area contributed by atoms with Crippen LogP contribution in [-0.2, 0) is 6.42 Å². The van der Waals surface area contributed by atoms with Crippen molar-refractivity contribution < 1.29 is 5.11 Å². The maximum absolute atomic E-state index is 10.1. The SMILES string of the molecule is OC(Cc1ccc(Br)cc1Cl)C1CCSC1. The molecule has 1 fully saturated rings. The zero-order valence-corrected chi connectivity index (χ0v) is 12.0. The predicted octanol–water partition coefficient (Wildman–Crippen LogP) is 3.76. The fourth-order valence-electron chi connectivity index (χ4n) is 1.94. The van der Waals surface area contributed by atoms with Crippen LogP contribution in [0.3, 0.4) is 0 Å². The van der Waals surface area contributed by atoms with Crippen LogP contribution < -0.4 is 0 Å². The number of rotatable bonds is 3. The molecule has 0 aliphatic carbocycles. The fourth-order valence-corrected chi connectivity index (χ4v) is 4.01. The molecular weight excluding hydrogens is 308 g/mol. The minimum absolute atomic E-state index is 0.256. The van der Waals surface area contributed by atoms with E-state index in [1.807, 2.05) is 30.0 Å². The first-order valence-corrected chi connectivity index (χ1v) is 7.69. The van der Waals surface area contributed by atoms with Crippen LogP contribution in [-0.4, -0.2) is 22.7 Å². The van der Waals surface area contributed by atoms with Crippen LogP contribution in [0.1, 0.15) is 12.0 Å². The average Bonchev–Trinajstić information content (AvgIpc) is 2.75. The first-order chi connectivity index (χ1) is 7.66. The summed E-state index contributed by atoms with van der Waals surface area (Å²) in [4.78, 5) is 0. The van der Waals surface area contributed by atoms with E-state index in [-0.39, 0.29) is 6.10 Å². The normalized spacial score (nSPS) is 22.3. The molecule has 2 unspecified atom stereocenters. The number of benzene rings is 1. The third kappa shape index (κ3) is 3.16. The molecule has 1 N–H and O–H groups in total. The van der Waals surface area contributed by atoms with Gasteiger partial charge in [0.05, 0.1) is 6.10 Å². The molecule has 1 heterocycles. The van der Waals surface area contributed by atoms with E-state index >= 15 is 0 Å². The Morgan fingerprint density at radius 3 is 3.00 bits per heavy atom. The second-order valence-electron chi connectivity index (χ2n) is 4.13. The van der Waals surface area contributed by atoms with Gasteiger partial charge in [-0.25, -0.2) is 0 Å². The smallest absolute Gasteiger partial charge is 0.0617 e. The lowest BCUT2D eigenvalue weighted by Crippen LogP contribution is -2.22. The Labute approximate surface area is 114 Å². The first-order valence-electron chi connectivity index (χ1n) is 5.36. The van der Waals surface area contributed by atoms with Gasteiger partial charge in [0.2, 0.25) is 0 Å². The minimum atomic E-state index is -0.256. The van der Waals surface area contributed by atoms with Gasteiger partial charge in [0, 0.05) is 15.9 Å². The molecule has 1 nitrogen and oxygen atoms in total. The zero-order valence-electron chi connectivity index (χ0n) is 8.83. The summed E-state index contributed by atoms with van der Waals surface area (Å²) in [5.74, 6) is 2.69. The van der Waals surface area contributed by atoms with Crippen LogP contribution in [0.4, 0.5) is 0 Å². The monoisotopic (exact) mass is 320 g/mol. The van der Waals surface area contributed by atoms with Gasteiger partial charge >= 0.3 is 0 Å². The lowest BCUT2D eigenvalue weighted by atomic mass is 9.96. The van der Waals surface area contributed by atoms with E-state index in [4.69, 9.17) is 11.6 Å². The van der Waals surface area contributed by atoms with Crippen molar-refractivity contribution >= 4 is 39.3 Å². The number of aliphatic hydroxyl groups excluding tert-OH is 1. The molecule has 1 aromatic rings. The Morgan fingerprint density at radius 2 is 2.38 bits per heavy atom.